The SMILES string of the molecule is COc1ccc(-c2ccc(/C=C/C(=O)OCCc3cc(N)cc(N)c3)cc2)cc1. The molecular weight excluding hydrogens is 364 g/mol. The monoisotopic (exact) mass is 388 g/mol. The lowest BCUT2D eigenvalue weighted by Crippen LogP contribution is -2.05. The fraction of sp³-hybridized carbons (Fsp3) is 0.125. The summed E-state index contributed by atoms with van der Waals surface area (Å²) in [6, 6.07) is 21.2. The van der Waals surface area contributed by atoms with Gasteiger partial charge >= 0.3 is 5.97 Å². The van der Waals surface area contributed by atoms with Crippen molar-refractivity contribution in [1.29, 1.82) is 0 Å². The molecule has 0 aliphatic carbocycles. The fourth-order valence-electron chi connectivity index (χ4n) is 2.94. The van der Waals surface area contributed by atoms with E-state index in [-0.39, 0.29) is 12.6 Å². The minimum absolute atomic E-state index is 0.266. The van der Waals surface area contributed by atoms with Gasteiger partial charge in [0.2, 0.25) is 0 Å². The van der Waals surface area contributed by atoms with Crippen LogP contribution < -0.4 is 16.2 Å². The van der Waals surface area contributed by atoms with E-state index in [0.29, 0.717) is 17.8 Å². The molecule has 0 radical (unpaired) electrons. The molecule has 3 rings (SSSR count). The van der Waals surface area contributed by atoms with Gasteiger partial charge in [-0.15, -0.1) is 0 Å². The number of nitrogens with two attached hydrogens (primary N) is 2. The standard InChI is InChI=1S/C24H24N2O3/c1-28-23-9-7-20(8-10-23)19-5-2-17(3-6-19)4-11-24(27)29-13-12-18-14-21(25)16-22(26)15-18/h2-11,14-16H,12-13,25-26H2,1H3/b11-4+. The number of esters is 1. The second-order valence-electron chi connectivity index (χ2n) is 6.61. The Morgan fingerprint density at radius 2 is 1.48 bits per heavy atom. The molecule has 0 amide bonds. The first-order valence-electron chi connectivity index (χ1n) is 9.28. The van der Waals surface area contributed by atoms with Crippen molar-refractivity contribution in [3.05, 3.63) is 83.9 Å². The molecule has 0 spiro atoms. The predicted octanol–water partition coefficient (Wildman–Crippen LogP) is 4.33. The van der Waals surface area contributed by atoms with E-state index in [0.717, 1.165) is 28.0 Å². The third-order valence-corrected chi connectivity index (χ3v) is 4.42. The quantitative estimate of drug-likeness (QED) is 0.357. The largest absolute Gasteiger partial charge is 0.497 e. The molecule has 0 bridgehead atoms. The minimum atomic E-state index is -0.388. The zero-order valence-electron chi connectivity index (χ0n) is 16.3. The molecule has 5 nitrogen and oxygen atoms in total. The van der Waals surface area contributed by atoms with Crippen molar-refractivity contribution in [3.8, 4) is 16.9 Å². The van der Waals surface area contributed by atoms with Crippen molar-refractivity contribution >= 4 is 23.4 Å². The average molecular weight is 388 g/mol. The summed E-state index contributed by atoms with van der Waals surface area (Å²) in [6.07, 6.45) is 3.72. The molecule has 4 N–H and O–H groups in total. The lowest BCUT2D eigenvalue weighted by molar-refractivity contribution is -0.137. The highest BCUT2D eigenvalue weighted by Gasteiger charge is 2.02. The predicted molar refractivity (Wildman–Crippen MR) is 117 cm³/mol. The molecule has 3 aromatic carbocycles. The number of anilines is 2. The van der Waals surface area contributed by atoms with Crippen LogP contribution in [0.15, 0.2) is 72.8 Å². The van der Waals surface area contributed by atoms with Crippen LogP contribution in [0.2, 0.25) is 0 Å². The molecule has 0 saturated carbocycles. The van der Waals surface area contributed by atoms with Crippen molar-refractivity contribution < 1.29 is 14.3 Å². The van der Waals surface area contributed by atoms with E-state index in [2.05, 4.69) is 0 Å². The number of benzene rings is 3. The minimum Gasteiger partial charge on any atom is -0.497 e. The van der Waals surface area contributed by atoms with Gasteiger partial charge in [0.05, 0.1) is 13.7 Å². The van der Waals surface area contributed by atoms with Crippen LogP contribution >= 0.6 is 0 Å². The maximum atomic E-state index is 11.9. The third kappa shape index (κ3) is 5.87. The van der Waals surface area contributed by atoms with Crippen LogP contribution in [0.25, 0.3) is 17.2 Å². The Hall–Kier alpha value is -3.73. The Morgan fingerprint density at radius 1 is 0.897 bits per heavy atom. The first-order valence-corrected chi connectivity index (χ1v) is 9.28. The number of ether oxygens (including phenoxy) is 2. The van der Waals surface area contributed by atoms with Gasteiger partial charge in [-0.3, -0.25) is 0 Å². The second-order valence-corrected chi connectivity index (χ2v) is 6.61. The molecule has 29 heavy (non-hydrogen) atoms. The summed E-state index contributed by atoms with van der Waals surface area (Å²) in [6.45, 7) is 0.266. The molecule has 0 aromatic heterocycles. The van der Waals surface area contributed by atoms with Gasteiger partial charge < -0.3 is 20.9 Å². The first-order chi connectivity index (χ1) is 14.0. The maximum Gasteiger partial charge on any atom is 0.330 e. The van der Waals surface area contributed by atoms with Crippen molar-refractivity contribution in [3.63, 3.8) is 0 Å². The average Bonchev–Trinajstić information content (AvgIpc) is 2.72. The molecule has 5 heteroatoms. The van der Waals surface area contributed by atoms with E-state index >= 15 is 0 Å². The van der Waals surface area contributed by atoms with Crippen LogP contribution in [0.1, 0.15) is 11.1 Å². The smallest absolute Gasteiger partial charge is 0.330 e. The first kappa shape index (κ1) is 20.0. The summed E-state index contributed by atoms with van der Waals surface area (Å²) in [5, 5.41) is 0. The Balaban J connectivity index is 1.51. The highest BCUT2D eigenvalue weighted by molar-refractivity contribution is 5.87. The van der Waals surface area contributed by atoms with E-state index in [1.807, 2.05) is 60.7 Å². The summed E-state index contributed by atoms with van der Waals surface area (Å²) in [5.41, 5.74) is 16.8. The zero-order valence-corrected chi connectivity index (χ0v) is 16.3. The van der Waals surface area contributed by atoms with E-state index in [9.17, 15) is 4.79 Å². The van der Waals surface area contributed by atoms with Crippen LogP contribution in [0, 0.1) is 0 Å². The van der Waals surface area contributed by atoms with E-state index in [4.69, 9.17) is 20.9 Å². The van der Waals surface area contributed by atoms with Crippen molar-refractivity contribution in [2.24, 2.45) is 0 Å². The normalized spacial score (nSPS) is 10.8. The molecule has 0 aliphatic rings. The van der Waals surface area contributed by atoms with Gasteiger partial charge in [0.15, 0.2) is 0 Å². The van der Waals surface area contributed by atoms with Crippen molar-refractivity contribution in [2.75, 3.05) is 25.2 Å². The van der Waals surface area contributed by atoms with Crippen LogP contribution in [0.3, 0.4) is 0 Å². The summed E-state index contributed by atoms with van der Waals surface area (Å²) < 4.78 is 10.4. The Bertz CT molecular complexity index is 973. The molecule has 0 atom stereocenters. The molecule has 3 aromatic rings. The molecule has 0 heterocycles. The van der Waals surface area contributed by atoms with Gasteiger partial charge in [0, 0.05) is 23.9 Å². The molecule has 148 valence electrons. The van der Waals surface area contributed by atoms with Crippen LogP contribution in [-0.4, -0.2) is 19.7 Å². The van der Waals surface area contributed by atoms with Crippen LogP contribution in [0.5, 0.6) is 5.75 Å². The van der Waals surface area contributed by atoms with Gasteiger partial charge in [-0.05, 0) is 58.7 Å². The van der Waals surface area contributed by atoms with E-state index in [1.165, 1.54) is 6.08 Å². The molecule has 0 unspecified atom stereocenters. The Morgan fingerprint density at radius 3 is 2.07 bits per heavy atom. The second kappa shape index (κ2) is 9.46. The lowest BCUT2D eigenvalue weighted by Gasteiger charge is -2.05. The topological polar surface area (TPSA) is 87.6 Å². The van der Waals surface area contributed by atoms with E-state index in [1.54, 1.807) is 19.3 Å². The maximum absolute atomic E-state index is 11.9. The Labute approximate surface area is 170 Å². The van der Waals surface area contributed by atoms with Crippen molar-refractivity contribution in [1.82, 2.24) is 0 Å². The van der Waals surface area contributed by atoms with Crippen molar-refractivity contribution in [2.45, 2.75) is 6.42 Å². The Kier molecular flexibility index (Phi) is 6.53. The fourth-order valence-corrected chi connectivity index (χ4v) is 2.94. The summed E-state index contributed by atoms with van der Waals surface area (Å²) in [5.74, 6) is 0.437. The van der Waals surface area contributed by atoms with Gasteiger partial charge in [-0.25, -0.2) is 4.79 Å². The number of rotatable bonds is 7. The third-order valence-electron chi connectivity index (χ3n) is 4.42. The molecule has 0 fully saturated rings. The lowest BCUT2D eigenvalue weighted by atomic mass is 10.0. The molecule has 0 saturated heterocycles. The number of carbonyl (C=O) groups excluding carboxylic acids is 1. The van der Waals surface area contributed by atoms with Gasteiger partial charge in [0.25, 0.3) is 0 Å². The van der Waals surface area contributed by atoms with Gasteiger partial charge in [-0.2, -0.15) is 0 Å². The number of carbonyl (C=O) groups is 1. The highest BCUT2D eigenvalue weighted by Crippen LogP contribution is 2.23. The summed E-state index contributed by atoms with van der Waals surface area (Å²) in [4.78, 5) is 11.9. The summed E-state index contributed by atoms with van der Waals surface area (Å²) in [7, 11) is 1.65. The van der Waals surface area contributed by atoms with Crippen LogP contribution in [-0.2, 0) is 16.0 Å². The number of hydrogen-bond donors (Lipinski definition) is 2. The number of hydrogen-bond acceptors (Lipinski definition) is 5. The van der Waals surface area contributed by atoms with Crippen LogP contribution in [0.4, 0.5) is 11.4 Å². The van der Waals surface area contributed by atoms with E-state index < -0.39 is 0 Å². The van der Waals surface area contributed by atoms with Gasteiger partial charge in [-0.1, -0.05) is 36.4 Å². The molecule has 0 aliphatic heterocycles. The highest BCUT2D eigenvalue weighted by atomic mass is 16.5. The number of nitrogen functional groups attached to an aromatic ring is 2. The number of methoxy groups -OCH3 is 1. The zero-order chi connectivity index (χ0) is 20.6. The molecular formula is C24H24N2O3. The summed E-state index contributed by atoms with van der Waals surface area (Å²) >= 11 is 0. The van der Waals surface area contributed by atoms with Gasteiger partial charge in [0.1, 0.15) is 5.75 Å².